The Morgan fingerprint density at radius 2 is 2.00 bits per heavy atom. The molecule has 1 aliphatic carbocycles. The van der Waals surface area contributed by atoms with Crippen LogP contribution in [0.25, 0.3) is 0 Å². The van der Waals surface area contributed by atoms with E-state index in [9.17, 15) is 4.79 Å². The van der Waals surface area contributed by atoms with Gasteiger partial charge in [0.25, 0.3) is 0 Å². The van der Waals surface area contributed by atoms with Gasteiger partial charge in [-0.1, -0.05) is 63.1 Å². The predicted octanol–water partition coefficient (Wildman–Crippen LogP) is 6.77. The van der Waals surface area contributed by atoms with Crippen molar-refractivity contribution < 1.29 is 9.90 Å². The fraction of sp³-hybridized carbons (Fsp3) is 0.522. The summed E-state index contributed by atoms with van der Waals surface area (Å²) in [6, 6.07) is 0. The Bertz CT molecular complexity index is 610. The number of carboxylic acid groups (broad SMARTS) is 1. The summed E-state index contributed by atoms with van der Waals surface area (Å²) in [5, 5.41) is 8.77. The lowest BCUT2D eigenvalue weighted by atomic mass is 9.72. The molecule has 0 unspecified atom stereocenters. The van der Waals surface area contributed by atoms with Gasteiger partial charge in [0.2, 0.25) is 0 Å². The van der Waals surface area contributed by atoms with Crippen LogP contribution in [0.1, 0.15) is 73.1 Å². The van der Waals surface area contributed by atoms with E-state index in [2.05, 4.69) is 45.9 Å². The number of unbranched alkanes of at least 4 members (excludes halogenated alkanes) is 1. The van der Waals surface area contributed by atoms with Gasteiger partial charge in [-0.3, -0.25) is 0 Å². The van der Waals surface area contributed by atoms with E-state index >= 15 is 0 Å². The molecule has 0 aromatic carbocycles. The number of hydrogen-bond acceptors (Lipinski definition) is 1. The predicted molar refractivity (Wildman–Crippen MR) is 108 cm³/mol. The van der Waals surface area contributed by atoms with Gasteiger partial charge < -0.3 is 5.11 Å². The zero-order chi connectivity index (χ0) is 18.9. The molecule has 1 N–H and O–H groups in total. The third-order valence-electron chi connectivity index (χ3n) is 4.85. The Balaban J connectivity index is 2.97. The maximum absolute atomic E-state index is 10.7. The van der Waals surface area contributed by atoms with E-state index in [0.717, 1.165) is 18.4 Å². The summed E-state index contributed by atoms with van der Waals surface area (Å²) < 4.78 is 0. The minimum atomic E-state index is -0.904. The molecular weight excluding hydrogens is 308 g/mol. The Morgan fingerprint density at radius 3 is 2.60 bits per heavy atom. The minimum absolute atomic E-state index is 0.255. The van der Waals surface area contributed by atoms with Crippen LogP contribution in [0.4, 0.5) is 0 Å². The molecule has 1 rings (SSSR count). The molecule has 1 aliphatic rings. The second-order valence-corrected chi connectivity index (χ2v) is 7.70. The molecule has 0 radical (unpaired) electrons. The van der Waals surface area contributed by atoms with Crippen molar-refractivity contribution in [3.05, 3.63) is 58.7 Å². The van der Waals surface area contributed by atoms with E-state index in [1.54, 1.807) is 6.92 Å². The lowest BCUT2D eigenvalue weighted by Gasteiger charge is -2.33. The Kier molecular flexibility index (Phi) is 8.68. The van der Waals surface area contributed by atoms with Crippen molar-refractivity contribution in [2.45, 2.75) is 73.1 Å². The van der Waals surface area contributed by atoms with Gasteiger partial charge in [0.05, 0.1) is 0 Å². The van der Waals surface area contributed by atoms with Crippen molar-refractivity contribution >= 4 is 5.97 Å². The number of allylic oxidation sites excluding steroid dienone is 9. The maximum Gasteiger partial charge on any atom is 0.328 e. The average Bonchev–Trinajstić information content (AvgIpc) is 2.50. The lowest BCUT2D eigenvalue weighted by Crippen LogP contribution is -2.19. The highest BCUT2D eigenvalue weighted by atomic mass is 16.4. The molecule has 0 spiro atoms. The normalized spacial score (nSPS) is 19.2. The summed E-state index contributed by atoms with van der Waals surface area (Å²) in [7, 11) is 0. The largest absolute Gasteiger partial charge is 0.478 e. The number of aliphatic carboxylic acids is 1. The molecule has 0 amide bonds. The first-order valence-electron chi connectivity index (χ1n) is 9.43. The Hall–Kier alpha value is -1.83. The van der Waals surface area contributed by atoms with Gasteiger partial charge in [0.1, 0.15) is 0 Å². The lowest BCUT2D eigenvalue weighted by molar-refractivity contribution is -0.131. The van der Waals surface area contributed by atoms with Gasteiger partial charge in [-0.25, -0.2) is 4.79 Å². The van der Waals surface area contributed by atoms with Crippen molar-refractivity contribution in [3.8, 4) is 0 Å². The van der Waals surface area contributed by atoms with Crippen molar-refractivity contribution in [2.75, 3.05) is 0 Å². The molecule has 0 heterocycles. The van der Waals surface area contributed by atoms with Crippen LogP contribution < -0.4 is 0 Å². The monoisotopic (exact) mass is 342 g/mol. The first kappa shape index (κ1) is 21.2. The van der Waals surface area contributed by atoms with Crippen LogP contribution in [0.15, 0.2) is 58.7 Å². The molecule has 2 nitrogen and oxygen atoms in total. The highest BCUT2D eigenvalue weighted by Crippen LogP contribution is 2.40. The Labute approximate surface area is 153 Å². The van der Waals surface area contributed by atoms with Gasteiger partial charge >= 0.3 is 5.97 Å². The summed E-state index contributed by atoms with van der Waals surface area (Å²) in [5.41, 5.74) is 5.29. The van der Waals surface area contributed by atoms with Crippen molar-refractivity contribution in [1.29, 1.82) is 0 Å². The van der Waals surface area contributed by atoms with E-state index < -0.39 is 5.97 Å². The van der Waals surface area contributed by atoms with Crippen LogP contribution in [0.2, 0.25) is 0 Å². The standard InChI is InChI=1S/C23H34O2/c1-6-7-12-20(13-8-10-18(2)17-22(24)25)14-15-21-19(3)11-9-16-23(21,4)5/h8,10,13-15,17H,6-7,9,11-12,16H2,1-5H3,(H,24,25)/b10-8+,15-14+,18-17+,20-13-. The molecule has 0 saturated heterocycles. The van der Waals surface area contributed by atoms with Crippen LogP contribution in [0, 0.1) is 5.41 Å². The summed E-state index contributed by atoms with van der Waals surface area (Å²) in [6.45, 7) is 10.9. The average molecular weight is 343 g/mol. The molecule has 0 aromatic heterocycles. The third kappa shape index (κ3) is 7.72. The summed E-state index contributed by atoms with van der Waals surface area (Å²) in [6.07, 6.45) is 18.8. The van der Waals surface area contributed by atoms with E-state index in [-0.39, 0.29) is 5.41 Å². The van der Waals surface area contributed by atoms with E-state index in [1.165, 1.54) is 48.5 Å². The van der Waals surface area contributed by atoms with Crippen LogP contribution in [-0.4, -0.2) is 11.1 Å². The first-order valence-corrected chi connectivity index (χ1v) is 9.43. The Morgan fingerprint density at radius 1 is 1.28 bits per heavy atom. The van der Waals surface area contributed by atoms with Crippen LogP contribution in [0.3, 0.4) is 0 Å². The first-order chi connectivity index (χ1) is 11.8. The van der Waals surface area contributed by atoms with Gasteiger partial charge in [0, 0.05) is 6.08 Å². The van der Waals surface area contributed by atoms with E-state index in [1.807, 2.05) is 12.2 Å². The molecule has 138 valence electrons. The van der Waals surface area contributed by atoms with Crippen LogP contribution in [0.5, 0.6) is 0 Å². The molecule has 0 aliphatic heterocycles. The second kappa shape index (κ2) is 10.2. The maximum atomic E-state index is 10.7. The molecule has 0 atom stereocenters. The van der Waals surface area contributed by atoms with Crippen LogP contribution in [-0.2, 0) is 4.79 Å². The zero-order valence-corrected chi connectivity index (χ0v) is 16.6. The summed E-state index contributed by atoms with van der Waals surface area (Å²) in [5.74, 6) is -0.904. The van der Waals surface area contributed by atoms with E-state index in [0.29, 0.717) is 0 Å². The van der Waals surface area contributed by atoms with Crippen molar-refractivity contribution in [3.63, 3.8) is 0 Å². The number of carboxylic acids is 1. The fourth-order valence-corrected chi connectivity index (χ4v) is 3.37. The molecule has 0 bridgehead atoms. The molecule has 0 aromatic rings. The quantitative estimate of drug-likeness (QED) is 0.390. The molecular formula is C23H34O2. The molecule has 25 heavy (non-hydrogen) atoms. The zero-order valence-electron chi connectivity index (χ0n) is 16.6. The molecule has 0 saturated carbocycles. The number of carbonyl (C=O) groups is 1. The van der Waals surface area contributed by atoms with Gasteiger partial charge in [-0.2, -0.15) is 0 Å². The molecule has 0 fully saturated rings. The summed E-state index contributed by atoms with van der Waals surface area (Å²) >= 11 is 0. The fourth-order valence-electron chi connectivity index (χ4n) is 3.37. The van der Waals surface area contributed by atoms with Gasteiger partial charge in [0.15, 0.2) is 0 Å². The highest BCUT2D eigenvalue weighted by Gasteiger charge is 2.26. The smallest absolute Gasteiger partial charge is 0.328 e. The van der Waals surface area contributed by atoms with Crippen molar-refractivity contribution in [2.24, 2.45) is 5.41 Å². The molecule has 2 heteroatoms. The van der Waals surface area contributed by atoms with Gasteiger partial charge in [-0.05, 0) is 68.1 Å². The minimum Gasteiger partial charge on any atom is -0.478 e. The van der Waals surface area contributed by atoms with Crippen molar-refractivity contribution in [1.82, 2.24) is 0 Å². The summed E-state index contributed by atoms with van der Waals surface area (Å²) in [4.78, 5) is 10.7. The van der Waals surface area contributed by atoms with Gasteiger partial charge in [-0.15, -0.1) is 0 Å². The highest BCUT2D eigenvalue weighted by molar-refractivity contribution is 5.81. The SMILES string of the molecule is CCCCC(=C/C=C/C(C)=C/C(=O)O)/C=C/C1=C(C)CCCC1(C)C. The van der Waals surface area contributed by atoms with Crippen LogP contribution >= 0.6 is 0 Å². The third-order valence-corrected chi connectivity index (χ3v) is 4.85. The second-order valence-electron chi connectivity index (χ2n) is 7.70. The van der Waals surface area contributed by atoms with E-state index in [4.69, 9.17) is 5.11 Å². The topological polar surface area (TPSA) is 37.3 Å². The number of rotatable bonds is 8. The number of hydrogen-bond donors (Lipinski definition) is 1.